The molecule has 0 spiro atoms. The third kappa shape index (κ3) is 7.97. The third-order valence-corrected chi connectivity index (χ3v) is 3.65. The molecule has 7 heteroatoms. The molecular formula is C24H30N4O3. The van der Waals surface area contributed by atoms with Gasteiger partial charge in [-0.2, -0.15) is 4.98 Å². The Morgan fingerprint density at radius 1 is 0.968 bits per heavy atom. The lowest BCUT2D eigenvalue weighted by Crippen LogP contribution is -2.27. The van der Waals surface area contributed by atoms with Crippen LogP contribution in [0.25, 0.3) is 0 Å². The monoisotopic (exact) mass is 422 g/mol. The van der Waals surface area contributed by atoms with Crippen molar-refractivity contribution in [1.82, 2.24) is 9.97 Å². The highest BCUT2D eigenvalue weighted by molar-refractivity contribution is 5.85. The van der Waals surface area contributed by atoms with Gasteiger partial charge in [0, 0.05) is 29.2 Å². The lowest BCUT2D eigenvalue weighted by Gasteiger charge is -2.19. The molecule has 0 saturated carbocycles. The maximum absolute atomic E-state index is 12.0. The number of aromatic nitrogens is 2. The van der Waals surface area contributed by atoms with Gasteiger partial charge in [0.2, 0.25) is 11.8 Å². The molecule has 7 nitrogen and oxygen atoms in total. The highest BCUT2D eigenvalue weighted by atomic mass is 16.6. The summed E-state index contributed by atoms with van der Waals surface area (Å²) in [6.07, 6.45) is 1.17. The fourth-order valence-electron chi connectivity index (χ4n) is 2.41. The van der Waals surface area contributed by atoms with Crippen LogP contribution in [0.2, 0.25) is 0 Å². The van der Waals surface area contributed by atoms with E-state index in [1.165, 1.54) is 0 Å². The van der Waals surface area contributed by atoms with Crippen LogP contribution >= 0.6 is 0 Å². The maximum Gasteiger partial charge on any atom is 0.412 e. The van der Waals surface area contributed by atoms with Gasteiger partial charge in [0.15, 0.2) is 0 Å². The molecule has 0 bridgehead atoms. The van der Waals surface area contributed by atoms with E-state index in [0.29, 0.717) is 23.3 Å². The zero-order chi connectivity index (χ0) is 22.9. The summed E-state index contributed by atoms with van der Waals surface area (Å²) in [7, 11) is 0. The van der Waals surface area contributed by atoms with Gasteiger partial charge in [0.25, 0.3) is 0 Å². The van der Waals surface area contributed by atoms with E-state index in [9.17, 15) is 4.79 Å². The standard InChI is InChI=1S/C22H24N4O3.C2H6/c1-15-14-23-20(24-16-9-6-5-7-10-16)26-19(15)28-18-12-8-11-17(13-18)25-21(27)29-22(2,3)4;1-2/h5-14H,1-4H3,(H,25,27)(H,23,24,26);1-2H3. The van der Waals surface area contributed by atoms with Gasteiger partial charge in [-0.3, -0.25) is 5.32 Å². The van der Waals surface area contributed by atoms with Gasteiger partial charge >= 0.3 is 6.09 Å². The molecule has 0 saturated heterocycles. The van der Waals surface area contributed by atoms with E-state index >= 15 is 0 Å². The molecule has 0 aliphatic carbocycles. The van der Waals surface area contributed by atoms with Crippen molar-refractivity contribution in [3.05, 3.63) is 66.4 Å². The van der Waals surface area contributed by atoms with Gasteiger partial charge in [-0.25, -0.2) is 9.78 Å². The number of rotatable bonds is 5. The molecule has 3 aromatic rings. The summed E-state index contributed by atoms with van der Waals surface area (Å²) < 4.78 is 11.2. The summed E-state index contributed by atoms with van der Waals surface area (Å²) in [5.41, 5.74) is 1.66. The predicted molar refractivity (Wildman–Crippen MR) is 124 cm³/mol. The second-order valence-electron chi connectivity index (χ2n) is 7.43. The number of ether oxygens (including phenoxy) is 2. The molecule has 164 valence electrons. The molecule has 0 unspecified atom stereocenters. The first-order valence-corrected chi connectivity index (χ1v) is 10.2. The first-order valence-electron chi connectivity index (χ1n) is 10.2. The van der Waals surface area contributed by atoms with Crippen molar-refractivity contribution < 1.29 is 14.3 Å². The summed E-state index contributed by atoms with van der Waals surface area (Å²) in [5, 5.41) is 5.84. The molecule has 0 aliphatic heterocycles. The van der Waals surface area contributed by atoms with Gasteiger partial charge in [-0.1, -0.05) is 38.1 Å². The lowest BCUT2D eigenvalue weighted by atomic mass is 10.2. The Balaban J connectivity index is 0.00000166. The average Bonchev–Trinajstić information content (AvgIpc) is 2.72. The molecule has 3 rings (SSSR count). The van der Waals surface area contributed by atoms with E-state index in [0.717, 1.165) is 11.3 Å². The van der Waals surface area contributed by atoms with Crippen LogP contribution < -0.4 is 15.4 Å². The number of carbonyl (C=O) groups is 1. The number of para-hydroxylation sites is 1. The zero-order valence-electron chi connectivity index (χ0n) is 18.9. The average molecular weight is 423 g/mol. The number of nitrogens with zero attached hydrogens (tertiary/aromatic N) is 2. The van der Waals surface area contributed by atoms with Crippen LogP contribution in [-0.2, 0) is 4.74 Å². The Labute approximate surface area is 183 Å². The third-order valence-electron chi connectivity index (χ3n) is 3.65. The van der Waals surface area contributed by atoms with Gasteiger partial charge < -0.3 is 14.8 Å². The van der Waals surface area contributed by atoms with Crippen molar-refractivity contribution in [2.24, 2.45) is 0 Å². The Hall–Kier alpha value is -3.61. The van der Waals surface area contributed by atoms with Crippen molar-refractivity contribution in [3.63, 3.8) is 0 Å². The molecule has 1 heterocycles. The van der Waals surface area contributed by atoms with Gasteiger partial charge in [-0.15, -0.1) is 0 Å². The minimum absolute atomic E-state index is 0.424. The normalized spacial score (nSPS) is 10.4. The SMILES string of the molecule is CC.Cc1cnc(Nc2ccccc2)nc1Oc1cccc(NC(=O)OC(C)(C)C)c1. The molecule has 0 aliphatic rings. The smallest absolute Gasteiger partial charge is 0.412 e. The number of carbonyl (C=O) groups excluding carboxylic acids is 1. The largest absolute Gasteiger partial charge is 0.444 e. The first kappa shape index (κ1) is 23.7. The number of nitrogens with one attached hydrogen (secondary N) is 2. The van der Waals surface area contributed by atoms with Crippen LogP contribution in [0.5, 0.6) is 11.6 Å². The molecule has 1 aromatic heterocycles. The molecule has 0 radical (unpaired) electrons. The van der Waals surface area contributed by atoms with E-state index in [-0.39, 0.29) is 0 Å². The van der Waals surface area contributed by atoms with Crippen molar-refractivity contribution in [3.8, 4) is 11.6 Å². The highest BCUT2D eigenvalue weighted by Crippen LogP contribution is 2.26. The van der Waals surface area contributed by atoms with Crippen LogP contribution in [0.3, 0.4) is 0 Å². The van der Waals surface area contributed by atoms with E-state index in [4.69, 9.17) is 9.47 Å². The summed E-state index contributed by atoms with van der Waals surface area (Å²) in [5.74, 6) is 1.39. The Morgan fingerprint density at radius 2 is 1.65 bits per heavy atom. The molecule has 0 fully saturated rings. The fourth-order valence-corrected chi connectivity index (χ4v) is 2.41. The van der Waals surface area contributed by atoms with Crippen LogP contribution in [0.1, 0.15) is 40.2 Å². The summed E-state index contributed by atoms with van der Waals surface area (Å²) >= 11 is 0. The van der Waals surface area contributed by atoms with Crippen molar-refractivity contribution in [2.75, 3.05) is 10.6 Å². The fraction of sp³-hybridized carbons (Fsp3) is 0.292. The number of amides is 1. The van der Waals surface area contributed by atoms with Crippen LogP contribution in [0.4, 0.5) is 22.1 Å². The molecular weight excluding hydrogens is 392 g/mol. The maximum atomic E-state index is 12.0. The molecule has 31 heavy (non-hydrogen) atoms. The lowest BCUT2D eigenvalue weighted by molar-refractivity contribution is 0.0636. The van der Waals surface area contributed by atoms with Crippen LogP contribution in [0.15, 0.2) is 60.8 Å². The van der Waals surface area contributed by atoms with Gasteiger partial charge in [0.05, 0.1) is 0 Å². The van der Waals surface area contributed by atoms with Crippen molar-refractivity contribution in [1.29, 1.82) is 0 Å². The van der Waals surface area contributed by atoms with Gasteiger partial charge in [-0.05, 0) is 52.0 Å². The molecule has 1 amide bonds. The molecule has 0 atom stereocenters. The second-order valence-corrected chi connectivity index (χ2v) is 7.43. The number of benzene rings is 2. The molecule has 2 N–H and O–H groups in total. The zero-order valence-corrected chi connectivity index (χ0v) is 18.9. The Morgan fingerprint density at radius 3 is 2.32 bits per heavy atom. The van der Waals surface area contributed by atoms with Crippen LogP contribution in [0, 0.1) is 6.92 Å². The minimum Gasteiger partial charge on any atom is -0.444 e. The Kier molecular flexibility index (Phi) is 8.37. The Bertz CT molecular complexity index is 986. The first-order chi connectivity index (χ1) is 14.8. The number of hydrogen-bond donors (Lipinski definition) is 2. The van der Waals surface area contributed by atoms with E-state index in [2.05, 4.69) is 20.6 Å². The highest BCUT2D eigenvalue weighted by Gasteiger charge is 2.16. The number of hydrogen-bond acceptors (Lipinski definition) is 6. The van der Waals surface area contributed by atoms with Crippen molar-refractivity contribution in [2.45, 2.75) is 47.1 Å². The number of aryl methyl sites for hydroxylation is 1. The quantitative estimate of drug-likeness (QED) is 0.476. The van der Waals surface area contributed by atoms with E-state index in [1.807, 2.05) is 71.9 Å². The van der Waals surface area contributed by atoms with Crippen LogP contribution in [-0.4, -0.2) is 21.7 Å². The topological polar surface area (TPSA) is 85.4 Å². The van der Waals surface area contributed by atoms with Crippen molar-refractivity contribution >= 4 is 23.4 Å². The summed E-state index contributed by atoms with van der Waals surface area (Å²) in [6.45, 7) is 11.3. The summed E-state index contributed by atoms with van der Waals surface area (Å²) in [4.78, 5) is 20.7. The second kappa shape index (κ2) is 11.0. The molecule has 2 aromatic carbocycles. The minimum atomic E-state index is -0.571. The summed E-state index contributed by atoms with van der Waals surface area (Å²) in [6, 6.07) is 16.7. The number of anilines is 3. The van der Waals surface area contributed by atoms with Gasteiger partial charge in [0.1, 0.15) is 11.4 Å². The van der Waals surface area contributed by atoms with E-state index in [1.54, 1.807) is 30.5 Å². The van der Waals surface area contributed by atoms with E-state index < -0.39 is 11.7 Å². The predicted octanol–water partition coefficient (Wildman–Crippen LogP) is 6.69.